The monoisotopic (exact) mass is 234 g/mol. The summed E-state index contributed by atoms with van der Waals surface area (Å²) in [6.45, 7) is 1.88. The van der Waals surface area contributed by atoms with Crippen LogP contribution in [-0.2, 0) is 4.74 Å². The van der Waals surface area contributed by atoms with Gasteiger partial charge in [-0.1, -0.05) is 30.3 Å². The summed E-state index contributed by atoms with van der Waals surface area (Å²) in [5.41, 5.74) is 0.490. The highest BCUT2D eigenvalue weighted by Gasteiger charge is 2.28. The van der Waals surface area contributed by atoms with Crippen molar-refractivity contribution in [1.29, 1.82) is 0 Å². The molecule has 1 aromatic carbocycles. The van der Waals surface area contributed by atoms with Crippen LogP contribution in [0.5, 0.6) is 0 Å². The van der Waals surface area contributed by atoms with E-state index in [1.807, 2.05) is 0 Å². The molecule has 2 aromatic rings. The van der Waals surface area contributed by atoms with E-state index in [1.54, 1.807) is 37.3 Å². The van der Waals surface area contributed by atoms with E-state index in [-0.39, 0.29) is 22.9 Å². The van der Waals surface area contributed by atoms with Gasteiger partial charge in [0.1, 0.15) is 0 Å². The Bertz CT molecular complexity index is 522. The smallest absolute Gasteiger partial charge is 0.390 e. The van der Waals surface area contributed by atoms with Crippen LogP contribution in [0, 0.1) is 5.21 Å². The van der Waals surface area contributed by atoms with Gasteiger partial charge in [0.15, 0.2) is 0 Å². The summed E-state index contributed by atoms with van der Waals surface area (Å²) in [5, 5.41) is 14.8. The highest BCUT2D eigenvalue weighted by atomic mass is 16.8. The molecular formula is C11H10N2O4. The van der Waals surface area contributed by atoms with Crippen LogP contribution in [0.1, 0.15) is 17.4 Å². The molecule has 0 N–H and O–H groups in total. The van der Waals surface area contributed by atoms with Gasteiger partial charge in [-0.3, -0.25) is 4.63 Å². The van der Waals surface area contributed by atoms with E-state index in [4.69, 9.17) is 4.74 Å². The predicted octanol–water partition coefficient (Wildman–Crippen LogP) is 1.15. The van der Waals surface area contributed by atoms with Crippen LogP contribution in [-0.4, -0.2) is 17.7 Å². The normalized spacial score (nSPS) is 10.2. The van der Waals surface area contributed by atoms with E-state index in [2.05, 4.69) is 9.79 Å². The first-order chi connectivity index (χ1) is 8.24. The van der Waals surface area contributed by atoms with Crippen molar-refractivity contribution in [2.24, 2.45) is 0 Å². The van der Waals surface area contributed by atoms with Gasteiger partial charge in [0.05, 0.1) is 11.8 Å². The van der Waals surface area contributed by atoms with E-state index in [9.17, 15) is 10.0 Å². The Morgan fingerprint density at radius 1 is 1.47 bits per heavy atom. The zero-order valence-electron chi connectivity index (χ0n) is 9.12. The molecule has 0 atom stereocenters. The number of aromatic nitrogens is 2. The molecule has 0 unspecified atom stereocenters. The minimum atomic E-state index is -0.676. The molecule has 0 aliphatic heterocycles. The van der Waals surface area contributed by atoms with E-state index in [0.717, 1.165) is 0 Å². The summed E-state index contributed by atoms with van der Waals surface area (Å²) >= 11 is 0. The van der Waals surface area contributed by atoms with Gasteiger partial charge in [0.25, 0.3) is 0 Å². The van der Waals surface area contributed by atoms with Crippen LogP contribution >= 0.6 is 0 Å². The lowest BCUT2D eigenvalue weighted by molar-refractivity contribution is -0.793. The van der Waals surface area contributed by atoms with Gasteiger partial charge >= 0.3 is 11.7 Å². The number of hydrogen-bond donors (Lipinski definition) is 0. The summed E-state index contributed by atoms with van der Waals surface area (Å²) in [5.74, 6) is -0.676. The average molecular weight is 234 g/mol. The third-order valence-corrected chi connectivity index (χ3v) is 2.13. The topological polar surface area (TPSA) is 79.3 Å². The van der Waals surface area contributed by atoms with E-state index >= 15 is 0 Å². The summed E-state index contributed by atoms with van der Waals surface area (Å²) in [6, 6.07) is 8.66. The number of hydrogen-bond acceptors (Lipinski definition) is 5. The molecule has 17 heavy (non-hydrogen) atoms. The molecule has 1 heterocycles. The van der Waals surface area contributed by atoms with Crippen LogP contribution in [0.4, 0.5) is 0 Å². The molecule has 0 saturated heterocycles. The van der Waals surface area contributed by atoms with Gasteiger partial charge in [-0.2, -0.15) is 0 Å². The summed E-state index contributed by atoms with van der Waals surface area (Å²) in [6.07, 6.45) is 0. The Kier molecular flexibility index (Phi) is 3.04. The van der Waals surface area contributed by atoms with Crippen molar-refractivity contribution in [2.45, 2.75) is 6.92 Å². The zero-order valence-corrected chi connectivity index (χ0v) is 9.12. The quantitative estimate of drug-likeness (QED) is 0.588. The number of rotatable bonds is 3. The second-order valence-electron chi connectivity index (χ2n) is 3.21. The summed E-state index contributed by atoms with van der Waals surface area (Å²) in [7, 11) is 0. The molecule has 0 aliphatic carbocycles. The summed E-state index contributed by atoms with van der Waals surface area (Å²) in [4.78, 5) is 11.8. The standard InChI is InChI=1S/C11H10N2O4/c1-2-16-11(14)9-10(13(15)17-12-9)8-6-4-3-5-7-8/h3-7H,2H2,1H3. The molecule has 88 valence electrons. The van der Waals surface area contributed by atoms with Crippen LogP contribution in [0.2, 0.25) is 0 Å². The first kappa shape index (κ1) is 11.1. The summed E-state index contributed by atoms with van der Waals surface area (Å²) < 4.78 is 9.22. The predicted molar refractivity (Wildman–Crippen MR) is 56.9 cm³/mol. The van der Waals surface area contributed by atoms with Gasteiger partial charge in [-0.25, -0.2) is 4.79 Å². The van der Waals surface area contributed by atoms with Gasteiger partial charge in [0.2, 0.25) is 5.69 Å². The number of esters is 1. The van der Waals surface area contributed by atoms with Gasteiger partial charge in [-0.15, -0.1) is 0 Å². The van der Waals surface area contributed by atoms with Crippen molar-refractivity contribution in [3.8, 4) is 11.3 Å². The molecule has 0 spiro atoms. The molecule has 1 aromatic heterocycles. The van der Waals surface area contributed by atoms with Crippen molar-refractivity contribution >= 4 is 5.97 Å². The molecule has 0 fully saturated rings. The number of ether oxygens (including phenoxy) is 1. The fourth-order valence-electron chi connectivity index (χ4n) is 1.42. The molecule has 2 rings (SSSR count). The SMILES string of the molecule is CCOC(=O)c1no[n+]([O-])c1-c1ccccc1. The second-order valence-corrected chi connectivity index (χ2v) is 3.21. The van der Waals surface area contributed by atoms with E-state index in [0.29, 0.717) is 5.56 Å². The molecule has 0 saturated carbocycles. The molecule has 6 nitrogen and oxygen atoms in total. The number of carbonyl (C=O) groups is 1. The minimum Gasteiger partial charge on any atom is -0.459 e. The van der Waals surface area contributed by atoms with E-state index < -0.39 is 5.97 Å². The van der Waals surface area contributed by atoms with Crippen molar-refractivity contribution in [3.05, 3.63) is 41.2 Å². The first-order valence-electron chi connectivity index (χ1n) is 5.06. The fourth-order valence-corrected chi connectivity index (χ4v) is 1.42. The number of carbonyl (C=O) groups excluding carboxylic acids is 1. The molecule has 0 amide bonds. The van der Waals surface area contributed by atoms with Crippen molar-refractivity contribution in [2.75, 3.05) is 6.61 Å². The van der Waals surface area contributed by atoms with E-state index in [1.165, 1.54) is 0 Å². The third-order valence-electron chi connectivity index (χ3n) is 2.13. The Morgan fingerprint density at radius 2 is 2.18 bits per heavy atom. The zero-order chi connectivity index (χ0) is 12.3. The fraction of sp³-hybridized carbons (Fsp3) is 0.182. The van der Waals surface area contributed by atoms with Crippen LogP contribution < -0.4 is 4.90 Å². The Balaban J connectivity index is 2.47. The molecule has 6 heteroatoms. The Hall–Kier alpha value is -2.37. The van der Waals surface area contributed by atoms with Gasteiger partial charge in [-0.05, 0) is 11.8 Å². The lowest BCUT2D eigenvalue weighted by Gasteiger charge is -1.98. The molecule has 0 radical (unpaired) electrons. The minimum absolute atomic E-state index is 0.0593. The largest absolute Gasteiger partial charge is 0.459 e. The van der Waals surface area contributed by atoms with Gasteiger partial charge < -0.3 is 9.94 Å². The van der Waals surface area contributed by atoms with Crippen LogP contribution in [0.3, 0.4) is 0 Å². The lowest BCUT2D eigenvalue weighted by atomic mass is 10.1. The molecule has 0 bridgehead atoms. The Morgan fingerprint density at radius 3 is 2.82 bits per heavy atom. The highest BCUT2D eigenvalue weighted by molar-refractivity contribution is 5.92. The number of nitrogens with zero attached hydrogens (tertiary/aromatic N) is 2. The maximum atomic E-state index is 11.6. The van der Waals surface area contributed by atoms with Crippen molar-refractivity contribution in [3.63, 3.8) is 0 Å². The highest BCUT2D eigenvalue weighted by Crippen LogP contribution is 2.18. The maximum Gasteiger partial charge on any atom is 0.390 e. The second kappa shape index (κ2) is 4.65. The lowest BCUT2D eigenvalue weighted by Crippen LogP contribution is -2.26. The molecule has 0 aliphatic rings. The van der Waals surface area contributed by atoms with Crippen molar-refractivity contribution < 1.29 is 19.1 Å². The Labute approximate surface area is 97.0 Å². The van der Waals surface area contributed by atoms with Crippen molar-refractivity contribution in [1.82, 2.24) is 5.16 Å². The van der Waals surface area contributed by atoms with Crippen LogP contribution in [0.15, 0.2) is 35.0 Å². The molecular weight excluding hydrogens is 224 g/mol. The van der Waals surface area contributed by atoms with Gasteiger partial charge in [0, 0.05) is 5.56 Å². The maximum absolute atomic E-state index is 11.6. The average Bonchev–Trinajstić information content (AvgIpc) is 2.73. The van der Waals surface area contributed by atoms with Crippen LogP contribution in [0.25, 0.3) is 11.3 Å². The first-order valence-corrected chi connectivity index (χ1v) is 5.06. The third kappa shape index (κ3) is 2.10. The number of benzene rings is 1.